The molecule has 3 aromatic carbocycles. The van der Waals surface area contributed by atoms with Crippen molar-refractivity contribution in [1.82, 2.24) is 29.5 Å². The first-order chi connectivity index (χ1) is 29.1. The topological polar surface area (TPSA) is 189 Å². The largest absolute Gasteiger partial charge is 0.461 e. The molecule has 15 heteroatoms. The van der Waals surface area contributed by atoms with Crippen LogP contribution in [0.2, 0.25) is 0 Å². The van der Waals surface area contributed by atoms with E-state index in [0.29, 0.717) is 17.9 Å². The van der Waals surface area contributed by atoms with Crippen LogP contribution in [-0.2, 0) is 29.0 Å². The number of hydrogen-bond donors (Lipinski definition) is 2. The van der Waals surface area contributed by atoms with Crippen molar-refractivity contribution in [3.05, 3.63) is 152 Å². The molecule has 0 aliphatic heterocycles. The van der Waals surface area contributed by atoms with E-state index in [1.165, 1.54) is 23.2 Å². The Labute approximate surface area is 344 Å². The molecule has 1 aliphatic rings. The van der Waals surface area contributed by atoms with Crippen LogP contribution in [0.5, 0.6) is 0 Å². The summed E-state index contributed by atoms with van der Waals surface area (Å²) in [6, 6.07) is 24.7. The summed E-state index contributed by atoms with van der Waals surface area (Å²) in [6.45, 7) is 7.14. The number of aryl methyl sites for hydroxylation is 3. The number of anilines is 4. The van der Waals surface area contributed by atoms with Crippen LogP contribution in [-0.4, -0.2) is 53.9 Å². The Kier molecular flexibility index (Phi) is 12.1. The van der Waals surface area contributed by atoms with Gasteiger partial charge >= 0.3 is 11.9 Å². The predicted octanol–water partition coefficient (Wildman–Crippen LogP) is 7.33. The molecule has 60 heavy (non-hydrogen) atoms. The molecule has 4 heterocycles. The number of nitrogens with one attached hydrogen (secondary N) is 2. The van der Waals surface area contributed by atoms with Crippen molar-refractivity contribution in [1.29, 1.82) is 0 Å². The summed E-state index contributed by atoms with van der Waals surface area (Å²) in [5.74, 6) is -1.77. The number of Topliss-reactive ketones (excluding diaryl/α,β-unsaturated/α-hetero) is 1. The molecule has 0 bridgehead atoms. The Hall–Kier alpha value is -7.55. The Balaban J connectivity index is 0.000000183. The van der Waals surface area contributed by atoms with Crippen LogP contribution in [0.1, 0.15) is 82.7 Å². The zero-order chi connectivity index (χ0) is 42.3. The van der Waals surface area contributed by atoms with Gasteiger partial charge in [-0.3, -0.25) is 24.4 Å². The molecule has 2 N–H and O–H groups in total. The van der Waals surface area contributed by atoms with Gasteiger partial charge in [0.15, 0.2) is 17.2 Å². The highest BCUT2D eigenvalue weighted by Crippen LogP contribution is 2.34. The van der Waals surface area contributed by atoms with Crippen LogP contribution in [0.15, 0.2) is 113 Å². The molecule has 0 saturated heterocycles. The molecule has 8 rings (SSSR count). The third-order valence-electron chi connectivity index (χ3n) is 9.95. The minimum Gasteiger partial charge on any atom is -0.461 e. The second-order valence-electron chi connectivity index (χ2n) is 13.8. The highest BCUT2D eigenvalue weighted by molar-refractivity contribution is 6.09. The minimum absolute atomic E-state index is 0.0226. The first-order valence-electron chi connectivity index (χ1n) is 19.5. The van der Waals surface area contributed by atoms with Gasteiger partial charge in [0.25, 0.3) is 11.1 Å². The third-order valence-corrected chi connectivity index (χ3v) is 9.95. The maximum absolute atomic E-state index is 13.0. The highest BCUT2D eigenvalue weighted by atomic mass is 16.5. The predicted molar refractivity (Wildman–Crippen MR) is 227 cm³/mol. The molecule has 0 amide bonds. The molecule has 0 radical (unpaired) electrons. The normalized spacial score (nSPS) is 12.9. The molecule has 0 fully saturated rings. The summed E-state index contributed by atoms with van der Waals surface area (Å²) in [4.78, 5) is 71.9. The third kappa shape index (κ3) is 8.36. The second-order valence-corrected chi connectivity index (χ2v) is 13.8. The van der Waals surface area contributed by atoms with Crippen molar-refractivity contribution in [3.63, 3.8) is 0 Å². The lowest BCUT2D eigenvalue weighted by Gasteiger charge is -2.16. The lowest BCUT2D eigenvalue weighted by molar-refractivity contribution is 0.0291. The van der Waals surface area contributed by atoms with Crippen molar-refractivity contribution in [2.24, 2.45) is 0 Å². The fourth-order valence-electron chi connectivity index (χ4n) is 7.07. The molecule has 0 saturated carbocycles. The van der Waals surface area contributed by atoms with Gasteiger partial charge in [0.05, 0.1) is 35.9 Å². The van der Waals surface area contributed by atoms with Crippen LogP contribution < -0.4 is 21.8 Å². The van der Waals surface area contributed by atoms with Gasteiger partial charge in [0.1, 0.15) is 17.5 Å². The first kappa shape index (κ1) is 40.6. The van der Waals surface area contributed by atoms with Gasteiger partial charge < -0.3 is 20.1 Å². The van der Waals surface area contributed by atoms with Crippen molar-refractivity contribution in [2.45, 2.75) is 59.7 Å². The summed E-state index contributed by atoms with van der Waals surface area (Å²) in [5.41, 5.74) is 2.66. The van der Waals surface area contributed by atoms with Gasteiger partial charge in [0.2, 0.25) is 0 Å². The number of carbonyl (C=O) groups is 3. The van der Waals surface area contributed by atoms with E-state index >= 15 is 0 Å². The Morgan fingerprint density at radius 3 is 1.95 bits per heavy atom. The molecule has 304 valence electrons. The smallest absolute Gasteiger partial charge is 0.359 e. The van der Waals surface area contributed by atoms with E-state index < -0.39 is 23.3 Å². The molecule has 1 atom stereocenters. The van der Waals surface area contributed by atoms with Crippen molar-refractivity contribution in [2.75, 3.05) is 17.2 Å². The van der Waals surface area contributed by atoms with Crippen molar-refractivity contribution >= 4 is 62.0 Å². The standard InChI is InChI=1S/C25H22N4O3.C20H20N4O4/c1-2-29-24(30)20(27-22-15-26-14-17-8-4-5-9-18(17)22)13-21(28-29)25(31)32-23-12-11-16-7-3-6-10-19(16)23;1-4-24-19(26)17(16(12(3)25)18(23-24)20(27)28-5-2)22-15-11-21-10-13-8-6-7-9-14(13)15/h3-10,13-15,23,27H,2,11-12H2,1H3;6-11,22H,4-5H2,1-3H3. The monoisotopic (exact) mass is 806 g/mol. The van der Waals surface area contributed by atoms with Gasteiger partial charge in [-0.2, -0.15) is 10.2 Å². The molecule has 4 aromatic heterocycles. The average molecular weight is 807 g/mol. The molecule has 1 unspecified atom stereocenters. The number of ether oxygens (including phenoxy) is 2. The summed E-state index contributed by atoms with van der Waals surface area (Å²) in [5, 5.41) is 18.0. The van der Waals surface area contributed by atoms with Gasteiger partial charge in [0, 0.05) is 53.1 Å². The first-order valence-corrected chi connectivity index (χ1v) is 19.5. The van der Waals surface area contributed by atoms with Gasteiger partial charge in [-0.1, -0.05) is 72.8 Å². The number of hydrogen-bond acceptors (Lipinski definition) is 13. The van der Waals surface area contributed by atoms with Gasteiger partial charge in [-0.25, -0.2) is 19.0 Å². The van der Waals surface area contributed by atoms with E-state index in [4.69, 9.17) is 9.47 Å². The molecule has 1 aliphatic carbocycles. The van der Waals surface area contributed by atoms with E-state index in [1.807, 2.05) is 66.7 Å². The number of benzene rings is 3. The number of pyridine rings is 2. The quantitative estimate of drug-likeness (QED) is 0.0977. The SMILES string of the molecule is CCOC(=O)c1nn(CC)c(=O)c(Nc2cncc3ccccc23)c1C(C)=O.CCn1nc(C(=O)OC2CCc3ccccc32)cc(Nc2cncc3ccccc23)c1=O. The van der Waals surface area contributed by atoms with E-state index in [2.05, 4.69) is 36.9 Å². The summed E-state index contributed by atoms with van der Waals surface area (Å²) < 4.78 is 13.2. The average Bonchev–Trinajstić information content (AvgIpc) is 3.67. The number of nitrogens with zero attached hydrogens (tertiary/aromatic N) is 6. The zero-order valence-electron chi connectivity index (χ0n) is 33.5. The van der Waals surface area contributed by atoms with Crippen LogP contribution in [0.3, 0.4) is 0 Å². The van der Waals surface area contributed by atoms with Crippen molar-refractivity contribution in [3.8, 4) is 0 Å². The summed E-state index contributed by atoms with van der Waals surface area (Å²) in [6.07, 6.45) is 7.99. The lowest BCUT2D eigenvalue weighted by atomic mass is 10.1. The number of ketones is 1. The van der Waals surface area contributed by atoms with Crippen LogP contribution >= 0.6 is 0 Å². The van der Waals surface area contributed by atoms with E-state index in [0.717, 1.165) is 44.6 Å². The van der Waals surface area contributed by atoms with E-state index in [-0.39, 0.29) is 53.1 Å². The van der Waals surface area contributed by atoms with Crippen LogP contribution in [0.4, 0.5) is 22.7 Å². The molecular formula is C45H42N8O7. The second kappa shape index (κ2) is 17.9. The summed E-state index contributed by atoms with van der Waals surface area (Å²) in [7, 11) is 0. The highest BCUT2D eigenvalue weighted by Gasteiger charge is 2.28. The van der Waals surface area contributed by atoms with E-state index in [9.17, 15) is 24.0 Å². The fourth-order valence-corrected chi connectivity index (χ4v) is 7.07. The van der Waals surface area contributed by atoms with Crippen molar-refractivity contribution < 1.29 is 23.9 Å². The number of carbonyl (C=O) groups excluding carboxylic acids is 3. The number of esters is 2. The van der Waals surface area contributed by atoms with Crippen LogP contribution in [0.25, 0.3) is 21.5 Å². The number of rotatable bonds is 11. The number of aromatic nitrogens is 6. The summed E-state index contributed by atoms with van der Waals surface area (Å²) >= 11 is 0. The fraction of sp³-hybridized carbons (Fsp3) is 0.222. The Morgan fingerprint density at radius 2 is 1.32 bits per heavy atom. The Morgan fingerprint density at radius 1 is 0.717 bits per heavy atom. The lowest BCUT2D eigenvalue weighted by Crippen LogP contribution is -2.31. The Bertz CT molecular complexity index is 2880. The molecule has 0 spiro atoms. The maximum atomic E-state index is 13.0. The maximum Gasteiger partial charge on any atom is 0.359 e. The molecule has 15 nitrogen and oxygen atoms in total. The van der Waals surface area contributed by atoms with Gasteiger partial charge in [-0.05, 0) is 51.7 Å². The van der Waals surface area contributed by atoms with E-state index in [1.54, 1.807) is 45.6 Å². The van der Waals surface area contributed by atoms with Crippen LogP contribution in [0, 0.1) is 0 Å². The molecule has 7 aromatic rings. The molecular weight excluding hydrogens is 765 g/mol. The number of fused-ring (bicyclic) bond motifs is 3. The van der Waals surface area contributed by atoms with Gasteiger partial charge in [-0.15, -0.1) is 0 Å². The zero-order valence-corrected chi connectivity index (χ0v) is 33.5. The minimum atomic E-state index is -0.756.